The van der Waals surface area contributed by atoms with Gasteiger partial charge in [-0.25, -0.2) is 9.59 Å². The van der Waals surface area contributed by atoms with Crippen LogP contribution in [0, 0.1) is 0 Å². The van der Waals surface area contributed by atoms with Crippen LogP contribution >= 0.6 is 23.2 Å². The van der Waals surface area contributed by atoms with Crippen LogP contribution in [0.1, 0.15) is 20.3 Å². The van der Waals surface area contributed by atoms with E-state index in [0.717, 1.165) is 0 Å². The van der Waals surface area contributed by atoms with E-state index in [1.807, 2.05) is 0 Å². The highest BCUT2D eigenvalue weighted by molar-refractivity contribution is 6.31. The van der Waals surface area contributed by atoms with Crippen molar-refractivity contribution in [2.24, 2.45) is 0 Å². The lowest BCUT2D eigenvalue weighted by molar-refractivity contribution is -0.141. The van der Waals surface area contributed by atoms with Gasteiger partial charge in [-0.2, -0.15) is 5.06 Å². The number of ether oxygens (including phenoxy) is 1. The van der Waals surface area contributed by atoms with Crippen LogP contribution in [-0.2, 0) is 9.53 Å². The third kappa shape index (κ3) is 5.16. The highest BCUT2D eigenvalue weighted by Gasteiger charge is 2.56. The predicted molar refractivity (Wildman–Crippen MR) is 125 cm³/mol. The average molecular weight is 495 g/mol. The van der Waals surface area contributed by atoms with Crippen LogP contribution in [0.15, 0.2) is 48.5 Å². The van der Waals surface area contributed by atoms with E-state index in [4.69, 9.17) is 23.2 Å². The number of benzene rings is 2. The zero-order chi connectivity index (χ0) is 24.3. The minimum Gasteiger partial charge on any atom is -0.469 e. The van der Waals surface area contributed by atoms with Crippen molar-refractivity contribution in [3.05, 3.63) is 58.6 Å². The van der Waals surface area contributed by atoms with Gasteiger partial charge in [0.2, 0.25) is 0 Å². The summed E-state index contributed by atoms with van der Waals surface area (Å²) in [7, 11) is 1.26. The number of esters is 1. The van der Waals surface area contributed by atoms with Crippen LogP contribution in [-0.4, -0.2) is 58.6 Å². The number of halogens is 2. The molecule has 11 heteroatoms. The Morgan fingerprint density at radius 1 is 1.15 bits per heavy atom. The van der Waals surface area contributed by atoms with Crippen molar-refractivity contribution in [3.63, 3.8) is 0 Å². The number of hydrogen-bond acceptors (Lipinski definition) is 5. The molecule has 1 saturated heterocycles. The van der Waals surface area contributed by atoms with Crippen LogP contribution < -0.4 is 10.2 Å². The molecule has 0 saturated carbocycles. The highest BCUT2D eigenvalue weighted by Crippen LogP contribution is 2.38. The third-order valence-corrected chi connectivity index (χ3v) is 5.85. The molecular weight excluding hydrogens is 471 g/mol. The molecule has 1 atom stereocenters. The number of methoxy groups -OCH3 is 1. The van der Waals surface area contributed by atoms with Gasteiger partial charge in [0.1, 0.15) is 0 Å². The Kier molecular flexibility index (Phi) is 7.36. The lowest BCUT2D eigenvalue weighted by atomic mass is 9.99. The van der Waals surface area contributed by atoms with Crippen molar-refractivity contribution in [3.8, 4) is 0 Å². The van der Waals surface area contributed by atoms with E-state index in [-0.39, 0.29) is 13.0 Å². The molecule has 0 bridgehead atoms. The Bertz CT molecular complexity index is 1060. The molecule has 176 valence electrons. The Balaban J connectivity index is 1.97. The van der Waals surface area contributed by atoms with E-state index in [1.54, 1.807) is 56.3 Å². The van der Waals surface area contributed by atoms with Gasteiger partial charge in [-0.1, -0.05) is 35.3 Å². The predicted octanol–water partition coefficient (Wildman–Crippen LogP) is 4.83. The fourth-order valence-corrected chi connectivity index (χ4v) is 4.14. The molecule has 0 unspecified atom stereocenters. The Hall–Kier alpha value is -3.01. The van der Waals surface area contributed by atoms with Crippen LogP contribution in [0.5, 0.6) is 0 Å². The maximum atomic E-state index is 13.4. The minimum absolute atomic E-state index is 0.0236. The van der Waals surface area contributed by atoms with Gasteiger partial charge < -0.3 is 15.0 Å². The number of hydroxylamine groups is 2. The van der Waals surface area contributed by atoms with Crippen molar-refractivity contribution in [1.82, 2.24) is 9.96 Å². The average Bonchev–Trinajstić information content (AvgIpc) is 2.96. The van der Waals surface area contributed by atoms with Crippen molar-refractivity contribution < 1.29 is 24.3 Å². The molecule has 3 rings (SSSR count). The molecule has 1 heterocycles. The maximum Gasteiger partial charge on any atom is 0.347 e. The normalized spacial score (nSPS) is 17.2. The number of nitrogens with one attached hydrogen (secondary N) is 1. The van der Waals surface area contributed by atoms with E-state index >= 15 is 0 Å². The number of urea groups is 2. The highest BCUT2D eigenvalue weighted by atomic mass is 35.5. The lowest BCUT2D eigenvalue weighted by Crippen LogP contribution is -2.58. The molecule has 0 spiro atoms. The van der Waals surface area contributed by atoms with Crippen LogP contribution in [0.3, 0.4) is 0 Å². The third-order valence-electron chi connectivity index (χ3n) is 5.38. The first-order valence-electron chi connectivity index (χ1n) is 10.0. The molecule has 4 amide bonds. The van der Waals surface area contributed by atoms with Crippen molar-refractivity contribution in [2.45, 2.75) is 32.0 Å². The molecule has 2 aromatic rings. The Morgan fingerprint density at radius 3 is 2.39 bits per heavy atom. The summed E-state index contributed by atoms with van der Waals surface area (Å²) in [5.74, 6) is -0.490. The van der Waals surface area contributed by atoms with Gasteiger partial charge in [0.15, 0.2) is 6.17 Å². The van der Waals surface area contributed by atoms with Gasteiger partial charge >= 0.3 is 18.0 Å². The fourth-order valence-electron chi connectivity index (χ4n) is 3.77. The summed E-state index contributed by atoms with van der Waals surface area (Å²) in [6, 6.07) is 11.5. The zero-order valence-electron chi connectivity index (χ0n) is 18.3. The summed E-state index contributed by atoms with van der Waals surface area (Å²) in [5, 5.41) is 14.8. The van der Waals surface area contributed by atoms with Gasteiger partial charge in [0.25, 0.3) is 0 Å². The number of nitrogens with zero attached hydrogens (tertiary/aromatic N) is 3. The van der Waals surface area contributed by atoms with Crippen molar-refractivity contribution >= 4 is 52.6 Å². The largest absolute Gasteiger partial charge is 0.469 e. The smallest absolute Gasteiger partial charge is 0.347 e. The molecule has 0 aromatic heterocycles. The van der Waals surface area contributed by atoms with Crippen LogP contribution in [0.2, 0.25) is 10.0 Å². The summed E-state index contributed by atoms with van der Waals surface area (Å²) < 4.78 is 4.69. The van der Waals surface area contributed by atoms with Gasteiger partial charge in [-0.15, -0.1) is 0 Å². The Labute approximate surface area is 201 Å². The topological polar surface area (TPSA) is 102 Å². The van der Waals surface area contributed by atoms with E-state index in [1.165, 1.54) is 23.0 Å². The first kappa shape index (κ1) is 24.6. The van der Waals surface area contributed by atoms with E-state index in [9.17, 15) is 19.6 Å². The van der Waals surface area contributed by atoms with Gasteiger partial charge in [-0.05, 0) is 50.2 Å². The van der Waals surface area contributed by atoms with Gasteiger partial charge in [-0.3, -0.25) is 14.9 Å². The minimum atomic E-state index is -1.15. The molecular formula is C22H24Cl2N4O5. The summed E-state index contributed by atoms with van der Waals surface area (Å²) >= 11 is 12.1. The molecule has 33 heavy (non-hydrogen) atoms. The number of rotatable bonds is 6. The summed E-state index contributed by atoms with van der Waals surface area (Å²) in [6.45, 7) is 3.40. The van der Waals surface area contributed by atoms with Crippen molar-refractivity contribution in [1.29, 1.82) is 0 Å². The number of amides is 4. The number of hydrogen-bond donors (Lipinski definition) is 2. The number of carbonyl (C=O) groups is 3. The number of anilines is 2. The lowest BCUT2D eigenvalue weighted by Gasteiger charge is -2.38. The maximum absolute atomic E-state index is 13.4. The van der Waals surface area contributed by atoms with E-state index in [2.05, 4.69) is 10.1 Å². The first-order valence-corrected chi connectivity index (χ1v) is 10.8. The Morgan fingerprint density at radius 2 is 1.79 bits per heavy atom. The monoisotopic (exact) mass is 494 g/mol. The first-order chi connectivity index (χ1) is 15.6. The molecule has 2 N–H and O–H groups in total. The van der Waals surface area contributed by atoms with Gasteiger partial charge in [0, 0.05) is 28.0 Å². The van der Waals surface area contributed by atoms with Crippen molar-refractivity contribution in [2.75, 3.05) is 23.9 Å². The summed E-state index contributed by atoms with van der Waals surface area (Å²) in [4.78, 5) is 40.8. The molecule has 9 nitrogen and oxygen atoms in total. The molecule has 1 aliphatic rings. The fraction of sp³-hybridized carbons (Fsp3) is 0.318. The molecule has 0 radical (unpaired) electrons. The molecule has 1 aliphatic heterocycles. The summed E-state index contributed by atoms with van der Waals surface area (Å²) in [6.07, 6.45) is -1.21. The second-order valence-corrected chi connectivity index (χ2v) is 8.80. The zero-order valence-corrected chi connectivity index (χ0v) is 19.8. The molecule has 0 aliphatic carbocycles. The molecule has 1 fully saturated rings. The van der Waals surface area contributed by atoms with Crippen LogP contribution in [0.25, 0.3) is 0 Å². The standard InChI is InChI=1S/C22H24Cl2N4O5/c1-22(2)19(28(32)20(30)25-16-8-4-6-14(23)12-16)27(17-9-5-7-15(24)13-17)21(31)26(22)11-10-18(29)33-3/h4-9,12-13,19,32H,10-11H2,1-3H3,(H,25,30)/t19-/m1/s1. The second kappa shape index (κ2) is 9.86. The van der Waals surface area contributed by atoms with Crippen LogP contribution in [0.4, 0.5) is 21.0 Å². The number of carbonyl (C=O) groups excluding carboxylic acids is 3. The SMILES string of the molecule is COC(=O)CCN1C(=O)N(c2cccc(Cl)c2)[C@H](N(O)C(=O)Nc2cccc(Cl)c2)C1(C)C. The quantitative estimate of drug-likeness (QED) is 0.340. The summed E-state index contributed by atoms with van der Waals surface area (Å²) in [5.41, 5.74) is -0.361. The van der Waals surface area contributed by atoms with E-state index in [0.29, 0.717) is 26.5 Å². The van der Waals surface area contributed by atoms with E-state index < -0.39 is 29.7 Å². The van der Waals surface area contributed by atoms with Gasteiger partial charge in [0.05, 0.1) is 19.1 Å². The molecule has 2 aromatic carbocycles. The second-order valence-electron chi connectivity index (χ2n) is 7.92.